The highest BCUT2D eigenvalue weighted by molar-refractivity contribution is 7.99. The Morgan fingerprint density at radius 3 is 2.92 bits per heavy atom. The summed E-state index contributed by atoms with van der Waals surface area (Å²) in [4.78, 5) is 16.0. The first-order valence-electron chi connectivity index (χ1n) is 9.19. The molecule has 7 heteroatoms. The molecule has 4 rings (SSSR count). The Balaban J connectivity index is 1.47. The second-order valence-corrected chi connectivity index (χ2v) is 8.71. The zero-order valence-corrected chi connectivity index (χ0v) is 16.2. The fourth-order valence-corrected chi connectivity index (χ4v) is 5.17. The van der Waals surface area contributed by atoms with E-state index < -0.39 is 0 Å². The van der Waals surface area contributed by atoms with Crippen molar-refractivity contribution in [3.05, 3.63) is 17.5 Å². The number of hydrogen-bond donors (Lipinski definition) is 0. The quantitative estimate of drug-likeness (QED) is 0.708. The molecule has 1 saturated heterocycles. The molecule has 2 aromatic rings. The van der Waals surface area contributed by atoms with Gasteiger partial charge in [-0.05, 0) is 50.0 Å². The molecule has 5 nitrogen and oxygen atoms in total. The number of thiophene rings is 1. The van der Waals surface area contributed by atoms with E-state index in [0.717, 1.165) is 41.7 Å². The van der Waals surface area contributed by atoms with E-state index in [4.69, 9.17) is 0 Å². The zero-order valence-electron chi connectivity index (χ0n) is 14.6. The first-order chi connectivity index (χ1) is 12.3. The molecule has 2 aliphatic rings. The molecule has 0 bridgehead atoms. The van der Waals surface area contributed by atoms with Crippen LogP contribution in [0.15, 0.2) is 22.7 Å². The smallest absolute Gasteiger partial charge is 0.233 e. The molecule has 2 fully saturated rings. The molecule has 1 atom stereocenters. The van der Waals surface area contributed by atoms with Crippen molar-refractivity contribution in [1.82, 2.24) is 19.7 Å². The summed E-state index contributed by atoms with van der Waals surface area (Å²) in [6.07, 6.45) is 6.94. The number of carbonyl (C=O) groups excluding carboxylic acids is 1. The van der Waals surface area contributed by atoms with E-state index in [9.17, 15) is 4.79 Å². The Bertz CT molecular complexity index is 724. The van der Waals surface area contributed by atoms with E-state index in [0.29, 0.717) is 17.8 Å². The van der Waals surface area contributed by atoms with Crippen LogP contribution in [-0.4, -0.2) is 43.9 Å². The van der Waals surface area contributed by atoms with Crippen LogP contribution in [0.4, 0.5) is 0 Å². The van der Waals surface area contributed by atoms with Crippen LogP contribution in [0.25, 0.3) is 10.7 Å². The van der Waals surface area contributed by atoms with Crippen molar-refractivity contribution >= 4 is 29.0 Å². The van der Waals surface area contributed by atoms with Gasteiger partial charge in [-0.3, -0.25) is 9.36 Å². The summed E-state index contributed by atoms with van der Waals surface area (Å²) in [5.74, 6) is 1.67. The molecule has 0 N–H and O–H groups in total. The van der Waals surface area contributed by atoms with Gasteiger partial charge in [0.1, 0.15) is 0 Å². The first-order valence-corrected chi connectivity index (χ1v) is 11.1. The third kappa shape index (κ3) is 3.62. The minimum Gasteiger partial charge on any atom is -0.339 e. The van der Waals surface area contributed by atoms with Gasteiger partial charge in [-0.15, -0.1) is 21.5 Å². The van der Waals surface area contributed by atoms with Gasteiger partial charge in [-0.25, -0.2) is 0 Å². The lowest BCUT2D eigenvalue weighted by Crippen LogP contribution is -2.44. The molecule has 1 saturated carbocycles. The highest BCUT2D eigenvalue weighted by atomic mass is 32.2. The number of hydrogen-bond acceptors (Lipinski definition) is 5. The molecule has 134 valence electrons. The van der Waals surface area contributed by atoms with E-state index in [1.807, 2.05) is 6.07 Å². The number of thioether (sulfide) groups is 1. The lowest BCUT2D eigenvalue weighted by Gasteiger charge is -2.35. The van der Waals surface area contributed by atoms with Crippen LogP contribution < -0.4 is 0 Å². The lowest BCUT2D eigenvalue weighted by atomic mass is 10.0. The van der Waals surface area contributed by atoms with E-state index >= 15 is 0 Å². The molecule has 1 aliphatic heterocycles. The Kier molecular flexibility index (Phi) is 5.12. The molecule has 1 amide bonds. The summed E-state index contributed by atoms with van der Waals surface area (Å²) >= 11 is 3.24. The topological polar surface area (TPSA) is 51.0 Å². The highest BCUT2D eigenvalue weighted by Gasteiger charge is 2.31. The maximum atomic E-state index is 12.7. The van der Waals surface area contributed by atoms with Crippen LogP contribution in [0.2, 0.25) is 0 Å². The second kappa shape index (κ2) is 7.50. The van der Waals surface area contributed by atoms with Gasteiger partial charge in [0.25, 0.3) is 0 Å². The molecular weight excluding hydrogens is 352 g/mol. The van der Waals surface area contributed by atoms with Crippen LogP contribution in [0.1, 0.15) is 51.5 Å². The predicted molar refractivity (Wildman–Crippen MR) is 102 cm³/mol. The van der Waals surface area contributed by atoms with Crippen molar-refractivity contribution in [1.29, 1.82) is 0 Å². The summed E-state index contributed by atoms with van der Waals surface area (Å²) in [5.41, 5.74) is 0. The minimum atomic E-state index is 0.250. The van der Waals surface area contributed by atoms with Crippen molar-refractivity contribution in [3.8, 4) is 10.7 Å². The van der Waals surface area contributed by atoms with Crippen LogP contribution in [-0.2, 0) is 4.79 Å². The van der Waals surface area contributed by atoms with E-state index in [2.05, 4.69) is 38.0 Å². The van der Waals surface area contributed by atoms with E-state index in [1.165, 1.54) is 19.3 Å². The molecule has 0 radical (unpaired) electrons. The SMILES string of the molecule is CCC1CCCCN1C(=O)CSc1nnc(-c2cccs2)n1C1CC1. The minimum absolute atomic E-state index is 0.250. The molecular formula is C18H24N4OS2. The molecule has 0 spiro atoms. The predicted octanol–water partition coefficient (Wildman–Crippen LogP) is 4.22. The summed E-state index contributed by atoms with van der Waals surface area (Å²) in [5, 5.41) is 11.8. The number of likely N-dealkylation sites (tertiary alicyclic amines) is 1. The summed E-state index contributed by atoms with van der Waals surface area (Å²) < 4.78 is 2.25. The Morgan fingerprint density at radius 1 is 1.32 bits per heavy atom. The fourth-order valence-electron chi connectivity index (χ4n) is 3.57. The molecule has 3 heterocycles. The van der Waals surface area contributed by atoms with Crippen molar-refractivity contribution in [3.63, 3.8) is 0 Å². The Hall–Kier alpha value is -1.34. The van der Waals surface area contributed by atoms with Gasteiger partial charge in [0, 0.05) is 18.6 Å². The van der Waals surface area contributed by atoms with Gasteiger partial charge in [-0.1, -0.05) is 24.8 Å². The van der Waals surface area contributed by atoms with Crippen LogP contribution >= 0.6 is 23.1 Å². The molecule has 0 aromatic carbocycles. The Morgan fingerprint density at radius 2 is 2.20 bits per heavy atom. The van der Waals surface area contributed by atoms with Crippen molar-refractivity contribution in [2.75, 3.05) is 12.3 Å². The normalized spacial score (nSPS) is 20.8. The number of piperidine rings is 1. The summed E-state index contributed by atoms with van der Waals surface area (Å²) in [7, 11) is 0. The highest BCUT2D eigenvalue weighted by Crippen LogP contribution is 2.41. The van der Waals surface area contributed by atoms with Crippen molar-refractivity contribution in [2.45, 2.75) is 62.7 Å². The average Bonchev–Trinajstić information content (AvgIpc) is 3.17. The standard InChI is InChI=1S/C18H24N4OS2/c1-2-13-6-3-4-10-21(13)16(23)12-25-18-20-19-17(15-7-5-11-24-15)22(18)14-8-9-14/h5,7,11,13-14H,2-4,6,8-10,12H2,1H3. The van der Waals surface area contributed by atoms with Gasteiger partial charge >= 0.3 is 0 Å². The zero-order chi connectivity index (χ0) is 17.2. The molecule has 1 aliphatic carbocycles. The van der Waals surface area contributed by atoms with Crippen LogP contribution in [0.5, 0.6) is 0 Å². The van der Waals surface area contributed by atoms with Gasteiger partial charge in [0.05, 0.1) is 10.6 Å². The van der Waals surface area contributed by atoms with Crippen LogP contribution in [0.3, 0.4) is 0 Å². The maximum absolute atomic E-state index is 12.7. The number of carbonyl (C=O) groups is 1. The number of amides is 1. The monoisotopic (exact) mass is 376 g/mol. The van der Waals surface area contributed by atoms with E-state index in [-0.39, 0.29) is 5.91 Å². The third-order valence-electron chi connectivity index (χ3n) is 5.06. The average molecular weight is 377 g/mol. The Labute approximate surface area is 156 Å². The summed E-state index contributed by atoms with van der Waals surface area (Å²) in [6.45, 7) is 3.09. The van der Waals surface area contributed by atoms with Crippen molar-refractivity contribution in [2.24, 2.45) is 0 Å². The van der Waals surface area contributed by atoms with Gasteiger partial charge in [-0.2, -0.15) is 0 Å². The van der Waals surface area contributed by atoms with Gasteiger partial charge < -0.3 is 4.90 Å². The van der Waals surface area contributed by atoms with Gasteiger partial charge in [0.2, 0.25) is 5.91 Å². The summed E-state index contributed by atoms with van der Waals surface area (Å²) in [6, 6.07) is 5.06. The largest absolute Gasteiger partial charge is 0.339 e. The molecule has 2 aromatic heterocycles. The number of nitrogens with zero attached hydrogens (tertiary/aromatic N) is 4. The lowest BCUT2D eigenvalue weighted by molar-refractivity contribution is -0.132. The van der Waals surface area contributed by atoms with Crippen molar-refractivity contribution < 1.29 is 4.79 Å². The maximum Gasteiger partial charge on any atom is 0.233 e. The second-order valence-electron chi connectivity index (χ2n) is 6.82. The van der Waals surface area contributed by atoms with E-state index in [1.54, 1.807) is 23.1 Å². The third-order valence-corrected chi connectivity index (χ3v) is 6.86. The number of aromatic nitrogens is 3. The van der Waals surface area contributed by atoms with Gasteiger partial charge in [0.15, 0.2) is 11.0 Å². The fraction of sp³-hybridized carbons (Fsp3) is 0.611. The molecule has 1 unspecified atom stereocenters. The number of rotatable bonds is 6. The first kappa shape index (κ1) is 17.1. The molecule has 25 heavy (non-hydrogen) atoms. The van der Waals surface area contributed by atoms with Crippen LogP contribution in [0, 0.1) is 0 Å².